The number of nitrogens with one attached hydrogen (secondary N) is 1. The summed E-state index contributed by atoms with van der Waals surface area (Å²) in [6.45, 7) is 0. The van der Waals surface area contributed by atoms with Crippen LogP contribution in [0.4, 0.5) is 0 Å². The van der Waals surface area contributed by atoms with Crippen molar-refractivity contribution in [2.75, 3.05) is 0 Å². The van der Waals surface area contributed by atoms with Crippen molar-refractivity contribution in [3.63, 3.8) is 0 Å². The van der Waals surface area contributed by atoms with Crippen molar-refractivity contribution in [3.8, 4) is 0 Å². The Balaban J connectivity index is 1.94. The molecule has 1 N–H and O–H groups in total. The molecular formula is C11H19N2P. The molecule has 0 aromatic carbocycles. The third-order valence-electron chi connectivity index (χ3n) is 3.21. The molecular weight excluding hydrogens is 191 g/mol. The molecule has 78 valence electrons. The zero-order valence-corrected chi connectivity index (χ0v) is 9.60. The Morgan fingerprint density at radius 2 is 1.71 bits per heavy atom. The molecule has 14 heavy (non-hydrogen) atoms. The van der Waals surface area contributed by atoms with E-state index in [-0.39, 0.29) is 0 Å². The maximum absolute atomic E-state index is 4.09. The van der Waals surface area contributed by atoms with Gasteiger partial charge in [-0.15, -0.1) is 0 Å². The fourth-order valence-corrected chi connectivity index (χ4v) is 3.12. The molecule has 2 rings (SSSR count). The number of hydrogen-bond donors (Lipinski definition) is 1. The third kappa shape index (κ3) is 2.81. The third-order valence-corrected chi connectivity index (χ3v) is 4.16. The Labute approximate surface area is 87.7 Å². The Morgan fingerprint density at radius 1 is 1.07 bits per heavy atom. The second-order valence-corrected chi connectivity index (χ2v) is 5.23. The molecule has 3 heteroatoms. The molecule has 0 saturated heterocycles. The first-order valence-electron chi connectivity index (χ1n) is 5.82. The van der Waals surface area contributed by atoms with Crippen LogP contribution in [-0.2, 0) is 0 Å². The fourth-order valence-electron chi connectivity index (χ4n) is 2.34. The minimum atomic E-state index is 0.813. The monoisotopic (exact) mass is 210 g/mol. The molecule has 0 amide bonds. The van der Waals surface area contributed by atoms with E-state index in [1.807, 2.05) is 6.20 Å². The van der Waals surface area contributed by atoms with Crippen molar-refractivity contribution >= 4 is 8.35 Å². The summed E-state index contributed by atoms with van der Waals surface area (Å²) >= 11 is 0. The van der Waals surface area contributed by atoms with E-state index < -0.39 is 0 Å². The van der Waals surface area contributed by atoms with Crippen molar-refractivity contribution in [1.29, 1.82) is 0 Å². The molecule has 0 unspecified atom stereocenters. The highest BCUT2D eigenvalue weighted by Crippen LogP contribution is 2.32. The van der Waals surface area contributed by atoms with Crippen LogP contribution in [0.1, 0.15) is 62.6 Å². The first-order chi connectivity index (χ1) is 6.97. The molecule has 1 aliphatic carbocycles. The van der Waals surface area contributed by atoms with E-state index in [0.717, 1.165) is 5.92 Å². The zero-order chi connectivity index (χ0) is 9.64. The summed E-state index contributed by atoms with van der Waals surface area (Å²) in [4.78, 5) is 3.03. The van der Waals surface area contributed by atoms with Gasteiger partial charge in [0.1, 0.15) is 0 Å². The van der Waals surface area contributed by atoms with Crippen LogP contribution in [-0.4, -0.2) is 9.96 Å². The molecule has 1 saturated carbocycles. The Bertz CT molecular complexity index is 236. The summed E-state index contributed by atoms with van der Waals surface area (Å²) in [7, 11) is 1.24. The second kappa shape index (κ2) is 5.50. The van der Waals surface area contributed by atoms with Crippen molar-refractivity contribution in [1.82, 2.24) is 9.96 Å². The van der Waals surface area contributed by atoms with E-state index in [4.69, 9.17) is 0 Å². The maximum Gasteiger partial charge on any atom is 0.0570 e. The van der Waals surface area contributed by atoms with E-state index in [9.17, 15) is 0 Å². The number of hydrogen-bond acceptors (Lipinski definition) is 1. The lowest BCUT2D eigenvalue weighted by molar-refractivity contribution is 0.546. The van der Waals surface area contributed by atoms with Crippen LogP contribution in [0, 0.1) is 0 Å². The highest BCUT2D eigenvalue weighted by atomic mass is 31.0. The van der Waals surface area contributed by atoms with Gasteiger partial charge < -0.3 is 0 Å². The van der Waals surface area contributed by atoms with E-state index in [1.165, 1.54) is 65.0 Å². The smallest absolute Gasteiger partial charge is 0.0570 e. The normalized spacial score (nSPS) is 21.7. The average molecular weight is 210 g/mol. The standard InChI is InChI=1S/C11H19N2P/c1-2-4-6-8-10(7-5-3-1)11-9-12-13-14-11/h9-10H,1-8H2,(H,12,13). The van der Waals surface area contributed by atoms with Gasteiger partial charge in [-0.3, -0.25) is 4.86 Å². The minimum Gasteiger partial charge on any atom is -0.260 e. The second-order valence-electron chi connectivity index (χ2n) is 4.29. The van der Waals surface area contributed by atoms with Crippen LogP contribution in [0.3, 0.4) is 0 Å². The highest BCUT2D eigenvalue weighted by molar-refractivity contribution is 7.26. The van der Waals surface area contributed by atoms with Gasteiger partial charge in [0.15, 0.2) is 0 Å². The number of nitrogens with zero attached hydrogens (tertiary/aromatic N) is 1. The predicted molar refractivity (Wildman–Crippen MR) is 60.8 cm³/mol. The first-order valence-corrected chi connectivity index (χ1v) is 6.72. The van der Waals surface area contributed by atoms with Gasteiger partial charge in [0.25, 0.3) is 0 Å². The molecule has 1 aromatic heterocycles. The van der Waals surface area contributed by atoms with Crippen LogP contribution in [0.2, 0.25) is 0 Å². The van der Waals surface area contributed by atoms with Gasteiger partial charge in [-0.25, -0.2) is 0 Å². The van der Waals surface area contributed by atoms with Crippen LogP contribution in [0.5, 0.6) is 0 Å². The van der Waals surface area contributed by atoms with Crippen LogP contribution >= 0.6 is 8.35 Å². The summed E-state index contributed by atoms with van der Waals surface area (Å²) in [6, 6.07) is 0. The summed E-state index contributed by atoms with van der Waals surface area (Å²) in [5.41, 5.74) is 0. The molecule has 0 bridgehead atoms. The lowest BCUT2D eigenvalue weighted by Crippen LogP contribution is -1.95. The Morgan fingerprint density at radius 3 is 2.29 bits per heavy atom. The van der Waals surface area contributed by atoms with Gasteiger partial charge >= 0.3 is 0 Å². The largest absolute Gasteiger partial charge is 0.260 e. The molecule has 1 aromatic rings. The predicted octanol–water partition coefficient (Wildman–Crippen LogP) is 4.21. The van der Waals surface area contributed by atoms with E-state index >= 15 is 0 Å². The number of H-pyrrole nitrogens is 1. The molecule has 0 radical (unpaired) electrons. The lowest BCUT2D eigenvalue weighted by Gasteiger charge is -2.12. The summed E-state index contributed by atoms with van der Waals surface area (Å²) in [5.74, 6) is 0.813. The van der Waals surface area contributed by atoms with Crippen molar-refractivity contribution in [2.24, 2.45) is 0 Å². The van der Waals surface area contributed by atoms with Crippen LogP contribution < -0.4 is 0 Å². The molecule has 0 atom stereocenters. The number of aromatic amines is 1. The van der Waals surface area contributed by atoms with E-state index in [0.29, 0.717) is 0 Å². The summed E-state index contributed by atoms with van der Waals surface area (Å²) in [6.07, 6.45) is 13.4. The average Bonchev–Trinajstić information content (AvgIpc) is 2.75. The van der Waals surface area contributed by atoms with Gasteiger partial charge in [0, 0.05) is 13.6 Å². The Hall–Kier alpha value is -0.360. The van der Waals surface area contributed by atoms with Gasteiger partial charge in [-0.05, 0) is 18.8 Å². The molecule has 2 nitrogen and oxygen atoms in total. The lowest BCUT2D eigenvalue weighted by atomic mass is 9.96. The summed E-state index contributed by atoms with van der Waals surface area (Å²) < 4.78 is 0. The van der Waals surface area contributed by atoms with Gasteiger partial charge in [-0.1, -0.05) is 38.5 Å². The van der Waals surface area contributed by atoms with Crippen LogP contribution in [0.15, 0.2) is 6.20 Å². The van der Waals surface area contributed by atoms with Gasteiger partial charge in [0.05, 0.1) is 6.20 Å². The van der Waals surface area contributed by atoms with Gasteiger partial charge in [-0.2, -0.15) is 5.10 Å². The SMILES string of the molecule is c1n[nH]pc1C1CCCCCCCC1. The molecule has 1 heterocycles. The molecule has 1 aliphatic rings. The van der Waals surface area contributed by atoms with Crippen molar-refractivity contribution in [3.05, 3.63) is 11.5 Å². The highest BCUT2D eigenvalue weighted by Gasteiger charge is 2.13. The molecule has 1 fully saturated rings. The van der Waals surface area contributed by atoms with Crippen molar-refractivity contribution < 1.29 is 0 Å². The topological polar surface area (TPSA) is 28.7 Å². The molecule has 0 spiro atoms. The molecule has 0 aliphatic heterocycles. The minimum absolute atomic E-state index is 0.813. The Kier molecular flexibility index (Phi) is 4.00. The number of rotatable bonds is 1. The fraction of sp³-hybridized carbons (Fsp3) is 0.818. The van der Waals surface area contributed by atoms with Gasteiger partial charge in [0.2, 0.25) is 0 Å². The van der Waals surface area contributed by atoms with Crippen molar-refractivity contribution in [2.45, 2.75) is 57.3 Å². The number of aromatic nitrogens is 2. The quantitative estimate of drug-likeness (QED) is 0.739. The maximum atomic E-state index is 4.09. The summed E-state index contributed by atoms with van der Waals surface area (Å²) in [5, 5.41) is 5.61. The zero-order valence-electron chi connectivity index (χ0n) is 8.71. The van der Waals surface area contributed by atoms with Crippen LogP contribution in [0.25, 0.3) is 0 Å². The van der Waals surface area contributed by atoms with E-state index in [2.05, 4.69) is 9.96 Å². The first kappa shape index (κ1) is 10.2. The van der Waals surface area contributed by atoms with E-state index in [1.54, 1.807) is 0 Å².